The molecule has 48 heavy (non-hydrogen) atoms. The Labute approximate surface area is 272 Å². The summed E-state index contributed by atoms with van der Waals surface area (Å²) in [6.45, 7) is -1.46. The number of H-pyrrole nitrogens is 1. The molecule has 7 rings (SSSR count). The van der Waals surface area contributed by atoms with E-state index in [1.807, 2.05) is 0 Å². The van der Waals surface area contributed by atoms with E-state index in [4.69, 9.17) is 24.0 Å². The van der Waals surface area contributed by atoms with Gasteiger partial charge in [-0.1, -0.05) is 0 Å². The van der Waals surface area contributed by atoms with Crippen molar-refractivity contribution in [3.63, 3.8) is 0 Å². The van der Waals surface area contributed by atoms with Gasteiger partial charge in [-0.3, -0.25) is 28.3 Å². The highest BCUT2D eigenvalue weighted by Gasteiger charge is 2.72. The molecule has 0 aromatic carbocycles. The number of nitrogens with zero attached hydrogens (tertiary/aromatic N) is 7. The summed E-state index contributed by atoms with van der Waals surface area (Å²) in [5.41, 5.74) is 2.11. The number of fused-ring (bicyclic) bond motifs is 4. The van der Waals surface area contributed by atoms with Gasteiger partial charge < -0.3 is 30.3 Å². The van der Waals surface area contributed by atoms with Gasteiger partial charge in [0.05, 0.1) is 25.2 Å². The second kappa shape index (κ2) is 11.7. The van der Waals surface area contributed by atoms with Crippen LogP contribution >= 0.6 is 27.8 Å². The van der Waals surface area contributed by atoms with Crippen molar-refractivity contribution in [3.05, 3.63) is 46.4 Å². The maximum atomic E-state index is 13.5. The molecule has 24 heteroatoms. The van der Waals surface area contributed by atoms with Gasteiger partial charge in [-0.15, -0.1) is 21.2 Å². The van der Waals surface area contributed by atoms with Crippen molar-refractivity contribution in [2.24, 2.45) is 0 Å². The van der Waals surface area contributed by atoms with E-state index in [0.717, 1.165) is 6.33 Å². The first kappa shape index (κ1) is 32.7. The summed E-state index contributed by atoms with van der Waals surface area (Å²) in [4.78, 5) is 56.0. The minimum Gasteiger partial charge on any atom is -0.504 e. The summed E-state index contributed by atoms with van der Waals surface area (Å²) in [5, 5.41) is 32.7. The van der Waals surface area contributed by atoms with E-state index >= 15 is 0 Å². The quantitative estimate of drug-likeness (QED) is 0.0624. The van der Waals surface area contributed by atoms with Crippen molar-refractivity contribution in [3.8, 4) is 0 Å². The van der Waals surface area contributed by atoms with Crippen LogP contribution in [-0.4, -0.2) is 101 Å². The summed E-state index contributed by atoms with van der Waals surface area (Å²) in [7, 11) is -8.51. The predicted molar refractivity (Wildman–Crippen MR) is 163 cm³/mol. The molecule has 21 nitrogen and oxygen atoms in total. The number of phosphoric ester groups is 1. The number of rotatable bonds is 11. The van der Waals surface area contributed by atoms with Crippen LogP contribution in [0.4, 0.5) is 5.95 Å². The molecule has 2 bridgehead atoms. The van der Waals surface area contributed by atoms with Crippen molar-refractivity contribution in [2.75, 3.05) is 25.2 Å². The first-order valence-electron chi connectivity index (χ1n) is 13.9. The number of nitrogen functional groups attached to an aromatic ring is 1. The first-order chi connectivity index (χ1) is 22.8. The lowest BCUT2D eigenvalue weighted by atomic mass is 9.81. The molecule has 0 radical (unpaired) electrons. The van der Waals surface area contributed by atoms with E-state index in [1.54, 1.807) is 6.26 Å². The van der Waals surface area contributed by atoms with E-state index in [0.29, 0.717) is 16.2 Å². The third-order valence-electron chi connectivity index (χ3n) is 8.44. The number of aliphatic hydroxyl groups is 3. The van der Waals surface area contributed by atoms with E-state index in [-0.39, 0.29) is 47.6 Å². The maximum absolute atomic E-state index is 13.5. The van der Waals surface area contributed by atoms with Crippen LogP contribution in [0.25, 0.3) is 28.0 Å². The number of aromatic nitrogens is 8. The SMILES string of the molecule is CSc1ncnc2c1ncn2C12CCC(COP(=O)(O)OC3=C(n4cnc5c(=O)[nH]c(N)nc54)CC(CO)=C3O)(O1)C(O[P+](=O)O)C2O. The fourth-order valence-electron chi connectivity index (χ4n) is 6.31. The van der Waals surface area contributed by atoms with Crippen molar-refractivity contribution in [2.45, 2.75) is 47.8 Å². The molecule has 1 aliphatic carbocycles. The number of hydrogen-bond donors (Lipinski definition) is 7. The number of nitrogens with two attached hydrogens (primary N) is 1. The number of ether oxygens (including phenoxy) is 1. The average Bonchev–Trinajstić information content (AvgIpc) is 3.85. The Kier molecular flexibility index (Phi) is 7.94. The lowest BCUT2D eigenvalue weighted by molar-refractivity contribution is -0.137. The number of hydrogen-bond acceptors (Lipinski definition) is 17. The van der Waals surface area contributed by atoms with Gasteiger partial charge in [-0.25, -0.2) is 24.5 Å². The average molecular weight is 727 g/mol. The molecule has 0 saturated carbocycles. The smallest absolute Gasteiger partial charge is 0.504 e. The van der Waals surface area contributed by atoms with E-state index in [9.17, 15) is 39.0 Å². The van der Waals surface area contributed by atoms with Crippen LogP contribution in [0.3, 0.4) is 0 Å². The van der Waals surface area contributed by atoms with Crippen LogP contribution in [0.15, 0.2) is 45.9 Å². The monoisotopic (exact) mass is 726 g/mol. The van der Waals surface area contributed by atoms with Gasteiger partial charge in [-0.2, -0.15) is 4.98 Å². The molecule has 2 saturated heterocycles. The normalized spacial score (nSPS) is 27.1. The fourth-order valence-corrected chi connectivity index (χ4v) is 8.15. The Balaban J connectivity index is 1.21. The molecule has 2 fully saturated rings. The van der Waals surface area contributed by atoms with Gasteiger partial charge in [0.15, 0.2) is 40.2 Å². The van der Waals surface area contributed by atoms with Crippen molar-refractivity contribution in [1.82, 2.24) is 39.0 Å². The zero-order valence-corrected chi connectivity index (χ0v) is 27.1. The number of thioether (sulfide) groups is 1. The second-order valence-electron chi connectivity index (χ2n) is 11.0. The summed E-state index contributed by atoms with van der Waals surface area (Å²) in [5.74, 6) is -1.51. The van der Waals surface area contributed by atoms with Gasteiger partial charge in [0.25, 0.3) is 5.56 Å². The van der Waals surface area contributed by atoms with Gasteiger partial charge in [0.1, 0.15) is 34.9 Å². The highest BCUT2D eigenvalue weighted by molar-refractivity contribution is 7.98. The van der Waals surface area contributed by atoms with Crippen molar-refractivity contribution >= 4 is 61.8 Å². The molecular weight excluding hydrogens is 700 g/mol. The summed E-state index contributed by atoms with van der Waals surface area (Å²) >= 11 is 1.32. The number of anilines is 1. The van der Waals surface area contributed by atoms with Crippen LogP contribution in [0.1, 0.15) is 19.3 Å². The molecular formula is C24H26N9O12P2S+. The zero-order valence-electron chi connectivity index (χ0n) is 24.5. The standard InChI is InChI=1S/C24H25N9O12P2S/c1-48-21-13-18(26-7-27-21)33(9-29-13)24-3-2-23(45-24,17(16(24)36)43-46(38)39)6-42-47(40,41)44-15-11(4-10(5-34)14(15)35)32-8-28-12-19(32)30-22(25)31-20(12)37/h7-9,16-17,34,36H,2-6H2,1H3,(H5-,25,30,31,35,37,38,39,40,41)/p+1. The molecule has 0 amide bonds. The Hall–Kier alpha value is -3.82. The van der Waals surface area contributed by atoms with Crippen molar-refractivity contribution < 1.29 is 52.5 Å². The molecule has 6 unspecified atom stereocenters. The van der Waals surface area contributed by atoms with E-state index < -0.39 is 69.9 Å². The third kappa shape index (κ3) is 5.04. The highest BCUT2D eigenvalue weighted by Crippen LogP contribution is 2.59. The Morgan fingerprint density at radius 2 is 2.00 bits per heavy atom. The third-order valence-corrected chi connectivity index (χ3v) is 10.4. The number of nitrogens with one attached hydrogen (secondary N) is 1. The number of aliphatic hydroxyl groups excluding tert-OH is 3. The molecule has 4 aromatic rings. The lowest BCUT2D eigenvalue weighted by Crippen LogP contribution is -2.52. The van der Waals surface area contributed by atoms with E-state index in [1.165, 1.54) is 33.6 Å². The number of aromatic amines is 1. The largest absolute Gasteiger partial charge is 0.695 e. The molecule has 3 aliphatic rings. The fraction of sp³-hybridized carbons (Fsp3) is 0.417. The Bertz CT molecular complexity index is 2170. The van der Waals surface area contributed by atoms with E-state index in [2.05, 4.69) is 29.9 Å². The minimum absolute atomic E-state index is 0.00212. The highest BCUT2D eigenvalue weighted by atomic mass is 32.2. The van der Waals surface area contributed by atoms with Crippen LogP contribution in [0, 0.1) is 0 Å². The van der Waals surface area contributed by atoms with Crippen LogP contribution in [0.2, 0.25) is 0 Å². The number of allylic oxidation sites excluding steroid dienone is 1. The summed E-state index contributed by atoms with van der Waals surface area (Å²) in [6, 6.07) is 0. The Morgan fingerprint density at radius 3 is 2.73 bits per heavy atom. The minimum atomic E-state index is -5.21. The summed E-state index contributed by atoms with van der Waals surface area (Å²) < 4.78 is 50.2. The molecule has 6 atom stereocenters. The van der Waals surface area contributed by atoms with Gasteiger partial charge in [-0.05, 0) is 12.7 Å². The van der Waals surface area contributed by atoms with Gasteiger partial charge >= 0.3 is 16.1 Å². The van der Waals surface area contributed by atoms with Gasteiger partial charge in [0, 0.05) is 23.0 Å². The Morgan fingerprint density at radius 1 is 1.23 bits per heavy atom. The lowest BCUT2D eigenvalue weighted by Gasteiger charge is -2.33. The topological polar surface area (TPSA) is 305 Å². The van der Waals surface area contributed by atoms with Crippen molar-refractivity contribution in [1.29, 1.82) is 0 Å². The van der Waals surface area contributed by atoms with Gasteiger partial charge in [0.2, 0.25) is 5.95 Å². The molecule has 0 spiro atoms. The summed E-state index contributed by atoms with van der Waals surface area (Å²) in [6.07, 6.45) is 2.37. The molecule has 6 heterocycles. The predicted octanol–water partition coefficient (Wildman–Crippen LogP) is 0.385. The molecule has 8 N–H and O–H groups in total. The second-order valence-corrected chi connectivity index (χ2v) is 13.9. The van der Waals surface area contributed by atoms with Crippen LogP contribution in [0.5, 0.6) is 0 Å². The molecule has 2 aliphatic heterocycles. The molecule has 254 valence electrons. The maximum Gasteiger partial charge on any atom is 0.695 e. The number of imidazole rings is 2. The first-order valence-corrected chi connectivity index (χ1v) is 17.8. The number of phosphoric acid groups is 1. The van der Waals surface area contributed by atoms with Crippen LogP contribution in [-0.2, 0) is 33.2 Å². The molecule has 4 aromatic heterocycles. The van der Waals surface area contributed by atoms with Crippen LogP contribution < -0.4 is 11.3 Å². The zero-order chi connectivity index (χ0) is 34.2.